The molecule has 0 unspecified atom stereocenters. The molecule has 1 heterocycles. The van der Waals surface area contributed by atoms with E-state index < -0.39 is 0 Å². The Hall–Kier alpha value is -1.09. The monoisotopic (exact) mass is 180 g/mol. The molecule has 0 atom stereocenters. The molecule has 0 radical (unpaired) electrons. The first kappa shape index (κ1) is 9.99. The summed E-state index contributed by atoms with van der Waals surface area (Å²) in [5.41, 5.74) is 6.09. The van der Waals surface area contributed by atoms with Gasteiger partial charge in [-0.25, -0.2) is 0 Å². The third kappa shape index (κ3) is 1.80. The number of aromatic nitrogens is 1. The van der Waals surface area contributed by atoms with Gasteiger partial charge in [-0.3, -0.25) is 4.79 Å². The first-order valence-electron chi connectivity index (χ1n) is 4.38. The summed E-state index contributed by atoms with van der Waals surface area (Å²) >= 11 is 0. The van der Waals surface area contributed by atoms with Gasteiger partial charge in [-0.1, -0.05) is 6.07 Å². The highest BCUT2D eigenvalue weighted by atomic mass is 16.1. The first-order valence-corrected chi connectivity index (χ1v) is 4.38. The molecular weight excluding hydrogens is 164 g/mol. The highest BCUT2D eigenvalue weighted by molar-refractivity contribution is 5.09. The van der Waals surface area contributed by atoms with Crippen LogP contribution in [-0.4, -0.2) is 11.1 Å². The Labute approximate surface area is 78.2 Å². The van der Waals surface area contributed by atoms with Crippen LogP contribution in [-0.2, 0) is 5.54 Å². The number of aryl methyl sites for hydroxylation is 1. The van der Waals surface area contributed by atoms with Crippen molar-refractivity contribution in [3.63, 3.8) is 0 Å². The molecule has 1 aromatic heterocycles. The standard InChI is InChI=1S/C10H16N2O/c1-8-5-4-6-12(9(8)13)10(2,3)7-11/h4-6H,7,11H2,1-3H3. The molecular formula is C10H16N2O. The van der Waals surface area contributed by atoms with Crippen LogP contribution in [0, 0.1) is 6.92 Å². The Kier molecular flexibility index (Phi) is 2.57. The van der Waals surface area contributed by atoms with Crippen molar-refractivity contribution in [2.45, 2.75) is 26.3 Å². The van der Waals surface area contributed by atoms with E-state index in [2.05, 4.69) is 0 Å². The second kappa shape index (κ2) is 3.34. The van der Waals surface area contributed by atoms with Crippen LogP contribution in [0.15, 0.2) is 23.1 Å². The van der Waals surface area contributed by atoms with Crippen molar-refractivity contribution in [3.8, 4) is 0 Å². The number of hydrogen-bond acceptors (Lipinski definition) is 2. The number of pyridine rings is 1. The van der Waals surface area contributed by atoms with Gasteiger partial charge < -0.3 is 10.3 Å². The van der Waals surface area contributed by atoms with Crippen LogP contribution in [0.2, 0.25) is 0 Å². The molecule has 13 heavy (non-hydrogen) atoms. The van der Waals surface area contributed by atoms with Gasteiger partial charge >= 0.3 is 0 Å². The zero-order chi connectivity index (χ0) is 10.1. The minimum absolute atomic E-state index is 0.0398. The molecule has 0 fully saturated rings. The highest BCUT2D eigenvalue weighted by Gasteiger charge is 2.18. The normalized spacial score (nSPS) is 11.7. The number of hydrogen-bond donors (Lipinski definition) is 1. The smallest absolute Gasteiger partial charge is 0.253 e. The van der Waals surface area contributed by atoms with Gasteiger partial charge in [0.05, 0.1) is 5.54 Å². The van der Waals surface area contributed by atoms with E-state index in [1.165, 1.54) is 0 Å². The molecule has 0 bridgehead atoms. The van der Waals surface area contributed by atoms with Crippen LogP contribution < -0.4 is 11.3 Å². The quantitative estimate of drug-likeness (QED) is 0.733. The van der Waals surface area contributed by atoms with Gasteiger partial charge in [0.15, 0.2) is 0 Å². The van der Waals surface area contributed by atoms with Crippen molar-refractivity contribution >= 4 is 0 Å². The van der Waals surface area contributed by atoms with Gasteiger partial charge in [0, 0.05) is 18.3 Å². The zero-order valence-corrected chi connectivity index (χ0v) is 8.37. The van der Waals surface area contributed by atoms with E-state index in [-0.39, 0.29) is 11.1 Å². The molecule has 0 saturated carbocycles. The SMILES string of the molecule is Cc1cccn(C(C)(C)CN)c1=O. The summed E-state index contributed by atoms with van der Waals surface area (Å²) in [7, 11) is 0. The van der Waals surface area contributed by atoms with E-state index >= 15 is 0 Å². The molecule has 0 spiro atoms. The highest BCUT2D eigenvalue weighted by Crippen LogP contribution is 2.09. The zero-order valence-electron chi connectivity index (χ0n) is 8.37. The fraction of sp³-hybridized carbons (Fsp3) is 0.500. The lowest BCUT2D eigenvalue weighted by atomic mass is 10.1. The molecule has 0 aromatic carbocycles. The lowest BCUT2D eigenvalue weighted by Gasteiger charge is -2.25. The van der Waals surface area contributed by atoms with Gasteiger partial charge in [0.1, 0.15) is 0 Å². The van der Waals surface area contributed by atoms with E-state index in [9.17, 15) is 4.79 Å². The maximum Gasteiger partial charge on any atom is 0.253 e. The van der Waals surface area contributed by atoms with E-state index in [0.717, 1.165) is 5.56 Å². The van der Waals surface area contributed by atoms with Gasteiger partial charge in [-0.2, -0.15) is 0 Å². The van der Waals surface area contributed by atoms with Gasteiger partial charge in [0.25, 0.3) is 5.56 Å². The molecule has 2 N–H and O–H groups in total. The predicted molar refractivity (Wildman–Crippen MR) is 53.8 cm³/mol. The first-order chi connectivity index (χ1) is 5.99. The van der Waals surface area contributed by atoms with Crippen molar-refractivity contribution in [1.29, 1.82) is 0 Å². The molecule has 3 nitrogen and oxygen atoms in total. The maximum atomic E-state index is 11.7. The molecule has 72 valence electrons. The van der Waals surface area contributed by atoms with Gasteiger partial charge in [-0.15, -0.1) is 0 Å². The molecule has 3 heteroatoms. The van der Waals surface area contributed by atoms with E-state index in [4.69, 9.17) is 5.73 Å². The topological polar surface area (TPSA) is 48.0 Å². The van der Waals surface area contributed by atoms with Crippen LogP contribution >= 0.6 is 0 Å². The van der Waals surface area contributed by atoms with Crippen molar-refractivity contribution < 1.29 is 0 Å². The molecule has 0 aliphatic carbocycles. The van der Waals surface area contributed by atoms with E-state index in [1.54, 1.807) is 10.8 Å². The third-order valence-electron chi connectivity index (χ3n) is 2.29. The fourth-order valence-electron chi connectivity index (χ4n) is 1.18. The second-order valence-corrected chi connectivity index (χ2v) is 3.88. The summed E-state index contributed by atoms with van der Waals surface area (Å²) in [6.07, 6.45) is 1.78. The van der Waals surface area contributed by atoms with Gasteiger partial charge in [-0.05, 0) is 26.8 Å². The molecule has 0 aliphatic heterocycles. The van der Waals surface area contributed by atoms with Crippen LogP contribution in [0.1, 0.15) is 19.4 Å². The Balaban J connectivity index is 3.31. The van der Waals surface area contributed by atoms with Crippen LogP contribution in [0.5, 0.6) is 0 Å². The lowest BCUT2D eigenvalue weighted by Crippen LogP contribution is -2.42. The fourth-order valence-corrected chi connectivity index (χ4v) is 1.18. The van der Waals surface area contributed by atoms with Crippen molar-refractivity contribution in [2.75, 3.05) is 6.54 Å². The molecule has 1 aromatic rings. The summed E-state index contributed by atoms with van der Waals surface area (Å²) < 4.78 is 1.68. The Morgan fingerprint density at radius 3 is 2.69 bits per heavy atom. The summed E-state index contributed by atoms with van der Waals surface area (Å²) in [6, 6.07) is 3.68. The minimum Gasteiger partial charge on any atom is -0.328 e. The Bertz CT molecular complexity index is 352. The summed E-state index contributed by atoms with van der Waals surface area (Å²) in [5, 5.41) is 0. The predicted octanol–water partition coefficient (Wildman–Crippen LogP) is 0.851. The minimum atomic E-state index is -0.302. The number of nitrogens with zero attached hydrogens (tertiary/aromatic N) is 1. The van der Waals surface area contributed by atoms with Crippen LogP contribution in [0.3, 0.4) is 0 Å². The molecule has 0 amide bonds. The largest absolute Gasteiger partial charge is 0.328 e. The molecule has 1 rings (SSSR count). The van der Waals surface area contributed by atoms with Crippen molar-refractivity contribution in [1.82, 2.24) is 4.57 Å². The van der Waals surface area contributed by atoms with Crippen molar-refractivity contribution in [2.24, 2.45) is 5.73 Å². The maximum absolute atomic E-state index is 11.7. The summed E-state index contributed by atoms with van der Waals surface area (Å²) in [4.78, 5) is 11.7. The lowest BCUT2D eigenvalue weighted by molar-refractivity contribution is 0.354. The summed E-state index contributed by atoms with van der Waals surface area (Å²) in [6.45, 7) is 6.17. The Morgan fingerprint density at radius 1 is 1.54 bits per heavy atom. The third-order valence-corrected chi connectivity index (χ3v) is 2.29. The Morgan fingerprint density at radius 2 is 2.15 bits per heavy atom. The molecule has 0 aliphatic rings. The van der Waals surface area contributed by atoms with E-state index in [1.807, 2.05) is 32.9 Å². The number of nitrogens with two attached hydrogens (primary N) is 1. The van der Waals surface area contributed by atoms with Gasteiger partial charge in [0.2, 0.25) is 0 Å². The van der Waals surface area contributed by atoms with Crippen LogP contribution in [0.25, 0.3) is 0 Å². The number of rotatable bonds is 2. The molecule has 0 saturated heterocycles. The average molecular weight is 180 g/mol. The second-order valence-electron chi connectivity index (χ2n) is 3.88. The van der Waals surface area contributed by atoms with Crippen molar-refractivity contribution in [3.05, 3.63) is 34.2 Å². The summed E-state index contributed by atoms with van der Waals surface area (Å²) in [5.74, 6) is 0. The van der Waals surface area contributed by atoms with E-state index in [0.29, 0.717) is 6.54 Å². The van der Waals surface area contributed by atoms with Crippen LogP contribution in [0.4, 0.5) is 0 Å². The average Bonchev–Trinajstić information content (AvgIpc) is 2.09.